The fourth-order valence-corrected chi connectivity index (χ4v) is 5.17. The normalized spacial score (nSPS) is 16.9. The molecule has 8 heteroatoms. The van der Waals surface area contributed by atoms with E-state index >= 15 is 0 Å². The highest BCUT2D eigenvalue weighted by atomic mass is 32.1. The van der Waals surface area contributed by atoms with Crippen molar-refractivity contribution in [3.63, 3.8) is 0 Å². The maximum atomic E-state index is 13.1. The molecule has 2 aliphatic heterocycles. The Morgan fingerprint density at radius 3 is 2.66 bits per heavy atom. The minimum absolute atomic E-state index is 0.0959. The van der Waals surface area contributed by atoms with Gasteiger partial charge in [-0.1, -0.05) is 6.07 Å². The van der Waals surface area contributed by atoms with E-state index in [2.05, 4.69) is 38.0 Å². The van der Waals surface area contributed by atoms with Crippen LogP contribution in [0.2, 0.25) is 0 Å². The van der Waals surface area contributed by atoms with Gasteiger partial charge in [-0.15, -0.1) is 11.3 Å². The Morgan fingerprint density at radius 1 is 1.09 bits per heavy atom. The number of amides is 1. The van der Waals surface area contributed by atoms with Gasteiger partial charge in [0, 0.05) is 57.2 Å². The Kier molecular flexibility index (Phi) is 6.05. The van der Waals surface area contributed by atoms with Crippen LogP contribution < -0.4 is 9.64 Å². The molecule has 3 aromatic rings. The molecule has 1 amide bonds. The fourth-order valence-electron chi connectivity index (χ4n) is 4.27. The number of benzene rings is 1. The largest absolute Gasteiger partial charge is 0.491 e. The number of hydrogen-bond donors (Lipinski definition) is 0. The van der Waals surface area contributed by atoms with E-state index in [0.29, 0.717) is 19.7 Å². The van der Waals surface area contributed by atoms with E-state index in [1.165, 1.54) is 16.9 Å². The summed E-state index contributed by atoms with van der Waals surface area (Å²) in [6.45, 7) is 8.35. The molecule has 2 aromatic heterocycles. The Balaban J connectivity index is 1.24. The molecule has 0 radical (unpaired) electrons. The van der Waals surface area contributed by atoms with Crippen LogP contribution in [0.5, 0.6) is 5.75 Å². The van der Waals surface area contributed by atoms with Crippen molar-refractivity contribution < 1.29 is 9.53 Å². The van der Waals surface area contributed by atoms with Crippen LogP contribution in [-0.2, 0) is 13.1 Å². The molecular weight excluding hydrogens is 422 g/mol. The van der Waals surface area contributed by atoms with Crippen LogP contribution in [0.4, 0.5) is 5.95 Å². The van der Waals surface area contributed by atoms with Gasteiger partial charge in [-0.25, -0.2) is 9.97 Å². The van der Waals surface area contributed by atoms with Gasteiger partial charge in [0.2, 0.25) is 5.95 Å². The summed E-state index contributed by atoms with van der Waals surface area (Å²) in [5.74, 6) is 1.79. The third-order valence-corrected chi connectivity index (χ3v) is 7.07. The van der Waals surface area contributed by atoms with E-state index in [0.717, 1.165) is 60.4 Å². The molecular formula is C24H27N5O2S. The van der Waals surface area contributed by atoms with Crippen molar-refractivity contribution in [1.29, 1.82) is 0 Å². The van der Waals surface area contributed by atoms with E-state index in [1.807, 2.05) is 29.3 Å². The number of anilines is 1. The van der Waals surface area contributed by atoms with Gasteiger partial charge >= 0.3 is 0 Å². The van der Waals surface area contributed by atoms with Crippen molar-refractivity contribution >= 4 is 23.2 Å². The topological polar surface area (TPSA) is 61.8 Å². The SMILES string of the molecule is Cc1ccsc1C(=O)N1CCOc2ccc(CN3CCN(c4ncccn4)CC3)cc2C1. The smallest absolute Gasteiger partial charge is 0.264 e. The zero-order chi connectivity index (χ0) is 21.9. The number of nitrogens with zero attached hydrogens (tertiary/aromatic N) is 5. The van der Waals surface area contributed by atoms with Gasteiger partial charge in [0.15, 0.2) is 0 Å². The number of carbonyl (C=O) groups excluding carboxylic acids is 1. The van der Waals surface area contributed by atoms with Gasteiger partial charge in [-0.2, -0.15) is 0 Å². The molecule has 2 aliphatic rings. The summed E-state index contributed by atoms with van der Waals surface area (Å²) in [5.41, 5.74) is 3.37. The molecule has 0 N–H and O–H groups in total. The molecule has 1 fully saturated rings. The van der Waals surface area contributed by atoms with Gasteiger partial charge in [0.05, 0.1) is 11.4 Å². The van der Waals surface area contributed by atoms with E-state index in [1.54, 1.807) is 12.4 Å². The first kappa shape index (κ1) is 20.9. The molecule has 1 saturated heterocycles. The first-order valence-electron chi connectivity index (χ1n) is 11.0. The van der Waals surface area contributed by atoms with Crippen LogP contribution in [0.3, 0.4) is 0 Å². The molecule has 166 valence electrons. The van der Waals surface area contributed by atoms with E-state index < -0.39 is 0 Å². The Hall–Kier alpha value is -2.97. The highest BCUT2D eigenvalue weighted by Gasteiger charge is 2.24. The molecule has 0 saturated carbocycles. The number of ether oxygens (including phenoxy) is 1. The van der Waals surface area contributed by atoms with Crippen molar-refractivity contribution in [2.75, 3.05) is 44.2 Å². The van der Waals surface area contributed by atoms with Crippen LogP contribution in [0.15, 0.2) is 48.1 Å². The molecule has 0 bridgehead atoms. The Morgan fingerprint density at radius 2 is 1.91 bits per heavy atom. The first-order chi connectivity index (χ1) is 15.7. The number of rotatable bonds is 4. The standard InChI is InChI=1S/C24H27N5O2S/c1-18-5-14-32-22(18)23(30)29-12-13-31-21-4-3-19(15-20(21)17-29)16-27-8-10-28(11-9-27)24-25-6-2-7-26-24/h2-7,14-15H,8-13,16-17H2,1H3. The molecule has 0 unspecified atom stereocenters. The molecule has 0 spiro atoms. The van der Waals surface area contributed by atoms with Crippen molar-refractivity contribution in [3.05, 3.63) is 69.7 Å². The highest BCUT2D eigenvalue weighted by molar-refractivity contribution is 7.12. The predicted octanol–water partition coefficient (Wildman–Crippen LogP) is 3.20. The summed E-state index contributed by atoms with van der Waals surface area (Å²) in [5, 5.41) is 1.98. The van der Waals surface area contributed by atoms with Gasteiger partial charge < -0.3 is 14.5 Å². The average molecular weight is 450 g/mol. The monoisotopic (exact) mass is 449 g/mol. The number of thiophene rings is 1. The molecule has 0 atom stereocenters. The van der Waals surface area contributed by atoms with Gasteiger partial charge in [0.25, 0.3) is 5.91 Å². The average Bonchev–Trinajstić information content (AvgIpc) is 3.14. The second-order valence-electron chi connectivity index (χ2n) is 8.26. The van der Waals surface area contributed by atoms with E-state index in [4.69, 9.17) is 4.74 Å². The summed E-state index contributed by atoms with van der Waals surface area (Å²) >= 11 is 1.51. The molecule has 5 rings (SSSR count). The maximum absolute atomic E-state index is 13.1. The number of aryl methyl sites for hydroxylation is 1. The number of carbonyl (C=O) groups is 1. The lowest BCUT2D eigenvalue weighted by atomic mass is 10.1. The molecule has 1 aromatic carbocycles. The van der Waals surface area contributed by atoms with Gasteiger partial charge in [-0.3, -0.25) is 9.69 Å². The first-order valence-corrected chi connectivity index (χ1v) is 11.9. The minimum Gasteiger partial charge on any atom is -0.491 e. The van der Waals surface area contributed by atoms with Crippen LogP contribution in [0, 0.1) is 6.92 Å². The third-order valence-electron chi connectivity index (χ3n) is 6.06. The second-order valence-corrected chi connectivity index (χ2v) is 9.18. The summed E-state index contributed by atoms with van der Waals surface area (Å²) < 4.78 is 5.96. The van der Waals surface area contributed by atoms with Crippen LogP contribution in [0.1, 0.15) is 26.4 Å². The summed E-state index contributed by atoms with van der Waals surface area (Å²) in [4.78, 5) is 29.2. The number of fused-ring (bicyclic) bond motifs is 1. The predicted molar refractivity (Wildman–Crippen MR) is 125 cm³/mol. The van der Waals surface area contributed by atoms with Crippen LogP contribution >= 0.6 is 11.3 Å². The highest BCUT2D eigenvalue weighted by Crippen LogP contribution is 2.27. The zero-order valence-electron chi connectivity index (χ0n) is 18.2. The zero-order valence-corrected chi connectivity index (χ0v) is 19.1. The van der Waals surface area contributed by atoms with Gasteiger partial charge in [-0.05, 0) is 47.7 Å². The lowest BCUT2D eigenvalue weighted by Gasteiger charge is -2.34. The molecule has 7 nitrogen and oxygen atoms in total. The van der Waals surface area contributed by atoms with Crippen LogP contribution in [0.25, 0.3) is 0 Å². The van der Waals surface area contributed by atoms with Gasteiger partial charge in [0.1, 0.15) is 12.4 Å². The van der Waals surface area contributed by atoms with Crippen molar-refractivity contribution in [2.24, 2.45) is 0 Å². The third kappa shape index (κ3) is 4.47. The molecule has 32 heavy (non-hydrogen) atoms. The van der Waals surface area contributed by atoms with Crippen molar-refractivity contribution in [1.82, 2.24) is 19.8 Å². The Bertz CT molecular complexity index is 1080. The number of hydrogen-bond acceptors (Lipinski definition) is 7. The van der Waals surface area contributed by atoms with E-state index in [9.17, 15) is 4.79 Å². The lowest BCUT2D eigenvalue weighted by molar-refractivity contribution is 0.0737. The molecule has 4 heterocycles. The summed E-state index contributed by atoms with van der Waals surface area (Å²) in [7, 11) is 0. The summed E-state index contributed by atoms with van der Waals surface area (Å²) in [6, 6.07) is 10.3. The number of piperazine rings is 1. The minimum atomic E-state index is 0.0959. The van der Waals surface area contributed by atoms with Crippen LogP contribution in [-0.4, -0.2) is 65.0 Å². The Labute approximate surface area is 192 Å². The molecule has 0 aliphatic carbocycles. The quantitative estimate of drug-likeness (QED) is 0.610. The maximum Gasteiger partial charge on any atom is 0.264 e. The second kappa shape index (κ2) is 9.26. The summed E-state index contributed by atoms with van der Waals surface area (Å²) in [6.07, 6.45) is 3.58. The van der Waals surface area contributed by atoms with Crippen molar-refractivity contribution in [3.8, 4) is 5.75 Å². The van der Waals surface area contributed by atoms with Crippen molar-refractivity contribution in [2.45, 2.75) is 20.0 Å². The number of aromatic nitrogens is 2. The van der Waals surface area contributed by atoms with E-state index in [-0.39, 0.29) is 5.91 Å². The fraction of sp³-hybridized carbons (Fsp3) is 0.375. The lowest BCUT2D eigenvalue weighted by Crippen LogP contribution is -2.46.